The summed E-state index contributed by atoms with van der Waals surface area (Å²) in [5.41, 5.74) is 13.8. The smallest absolute Gasteiger partial charge is 0.401 e. The van der Waals surface area contributed by atoms with Crippen LogP contribution in [0, 0.1) is 32.6 Å². The van der Waals surface area contributed by atoms with E-state index >= 15 is 0 Å². The summed E-state index contributed by atoms with van der Waals surface area (Å²) in [6.07, 6.45) is 7.06. The molecule has 7 N–H and O–H groups in total. The number of aromatic nitrogens is 2. The molecule has 0 radical (unpaired) electrons. The van der Waals surface area contributed by atoms with Gasteiger partial charge in [-0.15, -0.1) is 0 Å². The average Bonchev–Trinajstić information content (AvgIpc) is 3.35. The van der Waals surface area contributed by atoms with Crippen molar-refractivity contribution in [3.63, 3.8) is 0 Å². The van der Waals surface area contributed by atoms with Crippen LogP contribution in [0.15, 0.2) is 72.8 Å². The van der Waals surface area contributed by atoms with Crippen LogP contribution in [0.25, 0.3) is 11.1 Å². The van der Waals surface area contributed by atoms with Crippen LogP contribution in [0.3, 0.4) is 0 Å². The second-order valence-corrected chi connectivity index (χ2v) is 8.25. The van der Waals surface area contributed by atoms with Gasteiger partial charge in [-0.05, 0) is 47.6 Å². The zero-order valence-corrected chi connectivity index (χ0v) is 36.9. The predicted octanol–water partition coefficient (Wildman–Crippen LogP) is -1.68. The number of nitrogens with two attached hydrogens (primary N) is 2. The maximum Gasteiger partial charge on any atom is 1.00 e. The van der Waals surface area contributed by atoms with E-state index in [4.69, 9.17) is 11.6 Å². The first-order valence-electron chi connectivity index (χ1n) is 12.0. The summed E-state index contributed by atoms with van der Waals surface area (Å²) in [5, 5.41) is 19.1. The zero-order valence-electron chi connectivity index (χ0n) is 24.4. The number of rotatable bonds is 7. The normalized spacial score (nSPS) is 16.0. The van der Waals surface area contributed by atoms with Crippen molar-refractivity contribution in [2.45, 2.75) is 45.3 Å². The van der Waals surface area contributed by atoms with Crippen LogP contribution in [0.4, 0.5) is 0 Å². The van der Waals surface area contributed by atoms with Gasteiger partial charge in [0.2, 0.25) is 0 Å². The van der Waals surface area contributed by atoms with E-state index in [0.29, 0.717) is 17.7 Å². The Balaban J connectivity index is 0. The Morgan fingerprint density at radius 1 is 1.05 bits per heavy atom. The number of nitrogens with one attached hydrogen (secondary N) is 1. The van der Waals surface area contributed by atoms with Crippen LogP contribution in [-0.2, 0) is 6.61 Å². The van der Waals surface area contributed by atoms with E-state index in [1.165, 1.54) is 5.56 Å². The molecule has 0 amide bonds. The van der Waals surface area contributed by atoms with E-state index in [1.807, 2.05) is 38.1 Å². The molecule has 1 unspecified atom stereocenters. The zero-order chi connectivity index (χ0) is 25.2. The molecule has 1 heterocycles. The number of nitrogens with zero attached hydrogens (tertiary/aromatic N) is 2. The third kappa shape index (κ3) is 11.6. The van der Waals surface area contributed by atoms with Crippen LogP contribution >= 0.6 is 0 Å². The van der Waals surface area contributed by atoms with Gasteiger partial charge >= 0.3 is 138 Å². The Hall–Kier alpha value is 0.534. The Kier molecular flexibility index (Phi) is 23.6. The van der Waals surface area contributed by atoms with Gasteiger partial charge in [0.25, 0.3) is 0 Å². The molecule has 1 atom stereocenters. The first-order chi connectivity index (χ1) is 17.1. The van der Waals surface area contributed by atoms with Crippen molar-refractivity contribution < 1.29 is 148 Å². The summed E-state index contributed by atoms with van der Waals surface area (Å²) in [6, 6.07) is 16.3. The number of hydrazine groups is 1. The van der Waals surface area contributed by atoms with Crippen molar-refractivity contribution in [3.05, 3.63) is 105 Å². The Labute approximate surface area is 352 Å². The molecular formula is C30H41Cs2N5O2. The molecule has 0 spiro atoms. The minimum absolute atomic E-state index is 0. The molecule has 200 valence electrons. The van der Waals surface area contributed by atoms with E-state index in [9.17, 15) is 10.2 Å². The van der Waals surface area contributed by atoms with Crippen LogP contribution in [0.2, 0.25) is 0 Å². The first kappa shape index (κ1) is 41.7. The quantitative estimate of drug-likeness (QED) is 0.0849. The van der Waals surface area contributed by atoms with Gasteiger partial charge in [0.15, 0.2) is 0 Å². The maximum absolute atomic E-state index is 9.69. The molecule has 0 bridgehead atoms. The Morgan fingerprint density at radius 3 is 2.13 bits per heavy atom. The van der Waals surface area contributed by atoms with E-state index < -0.39 is 6.04 Å². The summed E-state index contributed by atoms with van der Waals surface area (Å²) in [4.78, 5) is 4.07. The summed E-state index contributed by atoms with van der Waals surface area (Å²) in [6.45, 7) is 3.65. The van der Waals surface area contributed by atoms with Crippen molar-refractivity contribution in [2.24, 2.45) is 17.5 Å². The average molecular weight is 770 g/mol. The third-order valence-corrected chi connectivity index (χ3v) is 6.24. The molecular weight excluding hydrogens is 728 g/mol. The Bertz CT molecular complexity index is 1160. The van der Waals surface area contributed by atoms with Crippen LogP contribution in [-0.4, -0.2) is 26.4 Å². The standard InChI is InChI=1S/C26H29N5O2.C2H6.2CH3.2Cs/c27-25(15-30-28)23-13-22(14-23)21-8-6-20(7-9-21)19-4-1-18(2-5-19)3-10-24(16-32)31-12-11-29-26(31)17-33;1-2;;;;/h1-2,4-9,11-12,15,22-24,30,32-33H,13-14,16-17,27-28H2;1-2H3;2*1H3;;/q;;2*-1;2*+1/b25-15-;;;;;. The van der Waals surface area contributed by atoms with Gasteiger partial charge in [-0.1, -0.05) is 62.1 Å². The molecule has 1 aliphatic rings. The molecule has 0 saturated heterocycles. The minimum Gasteiger partial charge on any atom is -0.401 e. The number of aliphatic hydroxyl groups excluding tert-OH is 2. The largest absolute Gasteiger partial charge is 1.00 e. The van der Waals surface area contributed by atoms with E-state index in [0.717, 1.165) is 35.2 Å². The van der Waals surface area contributed by atoms with E-state index in [2.05, 4.69) is 46.5 Å². The van der Waals surface area contributed by atoms with Crippen molar-refractivity contribution in [1.29, 1.82) is 0 Å². The number of hydrogen-bond acceptors (Lipinski definition) is 6. The summed E-state index contributed by atoms with van der Waals surface area (Å²) >= 11 is 0. The van der Waals surface area contributed by atoms with Crippen molar-refractivity contribution in [2.75, 3.05) is 6.61 Å². The van der Waals surface area contributed by atoms with Crippen LogP contribution in [0.1, 0.15) is 55.6 Å². The molecule has 39 heavy (non-hydrogen) atoms. The summed E-state index contributed by atoms with van der Waals surface area (Å²) in [5.74, 6) is 12.9. The molecule has 0 aliphatic heterocycles. The summed E-state index contributed by atoms with van der Waals surface area (Å²) < 4.78 is 1.69. The molecule has 1 saturated carbocycles. The fourth-order valence-corrected chi connectivity index (χ4v) is 4.19. The van der Waals surface area contributed by atoms with Crippen molar-refractivity contribution in [3.8, 4) is 23.0 Å². The number of hydrogen-bond donors (Lipinski definition) is 5. The van der Waals surface area contributed by atoms with Gasteiger partial charge in [-0.3, -0.25) is 5.84 Å². The van der Waals surface area contributed by atoms with E-state index in [-0.39, 0.29) is 166 Å². The molecule has 7 nitrogen and oxygen atoms in total. The molecule has 3 aromatic rings. The first-order valence-corrected chi connectivity index (χ1v) is 12.0. The second kappa shape index (κ2) is 22.1. The molecule has 4 rings (SSSR count). The van der Waals surface area contributed by atoms with E-state index in [1.54, 1.807) is 23.2 Å². The Morgan fingerprint density at radius 2 is 1.62 bits per heavy atom. The van der Waals surface area contributed by atoms with Gasteiger partial charge < -0.3 is 40.8 Å². The number of benzene rings is 2. The number of imidazole rings is 1. The molecule has 1 aliphatic carbocycles. The van der Waals surface area contributed by atoms with Crippen LogP contribution in [0.5, 0.6) is 0 Å². The van der Waals surface area contributed by atoms with Gasteiger partial charge in [-0.25, -0.2) is 4.98 Å². The van der Waals surface area contributed by atoms with Crippen molar-refractivity contribution in [1.82, 2.24) is 15.0 Å². The fourth-order valence-electron chi connectivity index (χ4n) is 4.19. The molecule has 1 aromatic heterocycles. The second-order valence-electron chi connectivity index (χ2n) is 8.25. The van der Waals surface area contributed by atoms with Gasteiger partial charge in [-0.2, -0.15) is 0 Å². The molecule has 1 fully saturated rings. The third-order valence-electron chi connectivity index (χ3n) is 6.24. The number of aliphatic hydroxyl groups is 2. The van der Waals surface area contributed by atoms with Gasteiger partial charge in [0.05, 0.1) is 6.61 Å². The minimum atomic E-state index is -0.453. The monoisotopic (exact) mass is 769 g/mol. The van der Waals surface area contributed by atoms with Crippen molar-refractivity contribution >= 4 is 0 Å². The van der Waals surface area contributed by atoms with Gasteiger partial charge in [0.1, 0.15) is 18.5 Å². The van der Waals surface area contributed by atoms with Gasteiger partial charge in [0, 0.05) is 35.8 Å². The maximum atomic E-state index is 9.69. The topological polar surface area (TPSA) is 122 Å². The van der Waals surface area contributed by atoms with Crippen LogP contribution < -0.4 is 155 Å². The number of allylic oxidation sites excluding steroid dienone is 1. The fraction of sp³-hybridized carbons (Fsp3) is 0.300. The summed E-state index contributed by atoms with van der Waals surface area (Å²) in [7, 11) is 0. The SMILES string of the molecule is CC.NN/C=C(\N)C1CC(c2ccc(-c3ccc(C#CC(CO)n4ccnc4CO)cc3)cc2)C1.[CH3-].[CH3-].[Cs+].[Cs+]. The molecule has 2 aromatic carbocycles. The molecule has 9 heteroatoms. The predicted molar refractivity (Wildman–Crippen MR) is 152 cm³/mol.